The number of ether oxygens (including phenoxy) is 1. The third-order valence-electron chi connectivity index (χ3n) is 7.97. The van der Waals surface area contributed by atoms with E-state index in [1.807, 2.05) is 30.3 Å². The van der Waals surface area contributed by atoms with Crippen LogP contribution in [0.4, 0.5) is 18.3 Å². The lowest BCUT2D eigenvalue weighted by Gasteiger charge is -2.39. The second kappa shape index (κ2) is 14.5. The topological polar surface area (TPSA) is 48.9 Å². The van der Waals surface area contributed by atoms with E-state index >= 15 is 0 Å². The van der Waals surface area contributed by atoms with Crippen molar-refractivity contribution in [3.05, 3.63) is 63.5 Å². The van der Waals surface area contributed by atoms with Crippen LogP contribution in [0.1, 0.15) is 44.1 Å². The molecule has 6 nitrogen and oxygen atoms in total. The number of likely N-dealkylation sites (tertiary alicyclic amines) is 1. The predicted octanol–water partition coefficient (Wildman–Crippen LogP) is 7.93. The molecule has 3 aromatic rings. The van der Waals surface area contributed by atoms with Gasteiger partial charge in [0.05, 0.1) is 22.3 Å². The highest BCUT2D eigenvalue weighted by atomic mass is 35.5. The van der Waals surface area contributed by atoms with Crippen LogP contribution >= 0.6 is 34.5 Å². The molecule has 2 saturated heterocycles. The van der Waals surface area contributed by atoms with Gasteiger partial charge in [-0.25, -0.2) is 4.98 Å². The van der Waals surface area contributed by atoms with Gasteiger partial charge in [0.15, 0.2) is 5.13 Å². The number of hydrogen-bond acceptors (Lipinski definition) is 6. The molecule has 0 spiro atoms. The average molecular weight is 656 g/mol. The van der Waals surface area contributed by atoms with Gasteiger partial charge in [0, 0.05) is 56.3 Å². The van der Waals surface area contributed by atoms with E-state index in [0.29, 0.717) is 67.7 Å². The van der Waals surface area contributed by atoms with Gasteiger partial charge in [-0.3, -0.25) is 9.69 Å². The first-order chi connectivity index (χ1) is 20.7. The Kier molecular flexibility index (Phi) is 10.8. The highest BCUT2D eigenvalue weighted by Crippen LogP contribution is 2.31. The summed E-state index contributed by atoms with van der Waals surface area (Å²) >= 11 is 13.8. The number of aromatic nitrogens is 1. The van der Waals surface area contributed by atoms with E-state index in [0.717, 1.165) is 39.9 Å². The molecule has 0 saturated carbocycles. The molecule has 1 aromatic heterocycles. The summed E-state index contributed by atoms with van der Waals surface area (Å²) in [6, 6.07) is 12.7. The van der Waals surface area contributed by atoms with Crippen molar-refractivity contribution in [1.29, 1.82) is 0 Å². The lowest BCUT2D eigenvalue weighted by molar-refractivity contribution is -0.188. The summed E-state index contributed by atoms with van der Waals surface area (Å²) < 4.78 is 46.2. The summed E-state index contributed by atoms with van der Waals surface area (Å²) in [5.41, 5.74) is 2.94. The van der Waals surface area contributed by atoms with E-state index in [4.69, 9.17) is 32.9 Å². The molecule has 2 aliphatic rings. The maximum atomic E-state index is 13.5. The first kappa shape index (κ1) is 31.9. The van der Waals surface area contributed by atoms with Crippen LogP contribution in [0.15, 0.2) is 47.8 Å². The Labute approximate surface area is 264 Å². The third kappa shape index (κ3) is 8.56. The Morgan fingerprint density at radius 3 is 2.40 bits per heavy atom. The third-order valence-corrected chi connectivity index (χ3v) is 9.61. The summed E-state index contributed by atoms with van der Waals surface area (Å²) in [5.74, 6) is -1.07. The monoisotopic (exact) mass is 654 g/mol. The SMILES string of the molecule is O=C(N(CCCCOc1ccc(-c2csc(N3CCCC3)n2)cc1)C1CCN(Cc2ccc(Cl)c(Cl)c2)CC1)C(F)(F)F. The molecule has 232 valence electrons. The molecule has 3 heterocycles. The molecule has 2 aromatic carbocycles. The lowest BCUT2D eigenvalue weighted by Crippen LogP contribution is -2.51. The molecule has 0 bridgehead atoms. The number of thiazole rings is 1. The molecule has 2 aliphatic heterocycles. The van der Waals surface area contributed by atoms with E-state index in [1.54, 1.807) is 23.5 Å². The number of alkyl halides is 3. The Morgan fingerprint density at radius 1 is 1.00 bits per heavy atom. The highest BCUT2D eigenvalue weighted by molar-refractivity contribution is 7.14. The Bertz CT molecular complexity index is 1360. The predicted molar refractivity (Wildman–Crippen MR) is 166 cm³/mol. The minimum Gasteiger partial charge on any atom is -0.494 e. The fourth-order valence-corrected chi connectivity index (χ4v) is 6.85. The summed E-state index contributed by atoms with van der Waals surface area (Å²) in [7, 11) is 0. The number of piperidine rings is 1. The van der Waals surface area contributed by atoms with E-state index < -0.39 is 18.1 Å². The summed E-state index contributed by atoms with van der Waals surface area (Å²) in [6.07, 6.45) is -0.582. The van der Waals surface area contributed by atoms with Gasteiger partial charge in [-0.2, -0.15) is 13.2 Å². The molecule has 1 amide bonds. The second-order valence-corrected chi connectivity index (χ2v) is 12.7. The fraction of sp³-hybridized carbons (Fsp3) is 0.484. The van der Waals surface area contributed by atoms with Crippen molar-refractivity contribution in [3.63, 3.8) is 0 Å². The minimum absolute atomic E-state index is 0.0429. The molecule has 0 N–H and O–H groups in total. The van der Waals surface area contributed by atoms with E-state index in [-0.39, 0.29) is 6.54 Å². The van der Waals surface area contributed by atoms with Crippen molar-refractivity contribution >= 4 is 45.6 Å². The fourth-order valence-electron chi connectivity index (χ4n) is 5.64. The molecule has 0 unspecified atom stereocenters. The second-order valence-electron chi connectivity index (χ2n) is 11.0. The van der Waals surface area contributed by atoms with E-state index in [2.05, 4.69) is 15.2 Å². The summed E-state index contributed by atoms with van der Waals surface area (Å²) in [5, 5.41) is 4.07. The van der Waals surface area contributed by atoms with Crippen molar-refractivity contribution in [3.8, 4) is 17.0 Å². The number of carbonyl (C=O) groups is 1. The summed E-state index contributed by atoms with van der Waals surface area (Å²) in [6.45, 7) is 4.31. The largest absolute Gasteiger partial charge is 0.494 e. The van der Waals surface area contributed by atoms with Crippen molar-refractivity contribution in [1.82, 2.24) is 14.8 Å². The molecular formula is C31H35Cl2F3N4O2S. The van der Waals surface area contributed by atoms with Crippen LogP contribution in [0.5, 0.6) is 5.75 Å². The average Bonchev–Trinajstić information content (AvgIpc) is 3.70. The van der Waals surface area contributed by atoms with Crippen molar-refractivity contribution in [2.75, 3.05) is 44.2 Å². The van der Waals surface area contributed by atoms with Crippen LogP contribution in [-0.2, 0) is 11.3 Å². The number of rotatable bonds is 11. The van der Waals surface area contributed by atoms with Crippen molar-refractivity contribution in [2.45, 2.75) is 57.3 Å². The Balaban J connectivity index is 1.07. The number of hydrogen-bond donors (Lipinski definition) is 0. The zero-order chi connectivity index (χ0) is 30.4. The van der Waals surface area contributed by atoms with Gasteiger partial charge in [0.25, 0.3) is 0 Å². The zero-order valence-corrected chi connectivity index (χ0v) is 26.1. The van der Waals surface area contributed by atoms with E-state index in [1.165, 1.54) is 12.8 Å². The number of benzene rings is 2. The Hall–Kier alpha value is -2.53. The van der Waals surface area contributed by atoms with Crippen LogP contribution in [0, 0.1) is 0 Å². The quantitative estimate of drug-likeness (QED) is 0.197. The number of unbranched alkanes of at least 4 members (excludes halogenated alkanes) is 1. The lowest BCUT2D eigenvalue weighted by atomic mass is 10.0. The highest BCUT2D eigenvalue weighted by Gasteiger charge is 2.44. The maximum absolute atomic E-state index is 13.5. The van der Waals surface area contributed by atoms with Gasteiger partial charge in [0.1, 0.15) is 5.75 Å². The number of halogens is 5. The van der Waals surface area contributed by atoms with Crippen LogP contribution in [0.2, 0.25) is 10.0 Å². The molecule has 12 heteroatoms. The van der Waals surface area contributed by atoms with Gasteiger partial charge in [-0.05, 0) is 80.5 Å². The number of amides is 1. The first-order valence-electron chi connectivity index (χ1n) is 14.6. The van der Waals surface area contributed by atoms with Crippen molar-refractivity contribution < 1.29 is 22.7 Å². The molecule has 2 fully saturated rings. The Morgan fingerprint density at radius 2 is 1.72 bits per heavy atom. The van der Waals surface area contributed by atoms with Gasteiger partial charge in [0.2, 0.25) is 0 Å². The number of nitrogens with zero attached hydrogens (tertiary/aromatic N) is 4. The van der Waals surface area contributed by atoms with Crippen LogP contribution < -0.4 is 9.64 Å². The molecule has 0 aliphatic carbocycles. The van der Waals surface area contributed by atoms with Gasteiger partial charge in [-0.1, -0.05) is 29.3 Å². The molecule has 0 radical (unpaired) electrons. The normalized spacial score (nSPS) is 16.5. The van der Waals surface area contributed by atoms with Gasteiger partial charge in [-0.15, -0.1) is 11.3 Å². The molecule has 5 rings (SSSR count). The van der Waals surface area contributed by atoms with Crippen LogP contribution in [0.3, 0.4) is 0 Å². The smallest absolute Gasteiger partial charge is 0.471 e. The van der Waals surface area contributed by atoms with Gasteiger partial charge >= 0.3 is 12.1 Å². The van der Waals surface area contributed by atoms with Gasteiger partial charge < -0.3 is 14.5 Å². The number of carbonyl (C=O) groups excluding carboxylic acids is 1. The first-order valence-corrected chi connectivity index (χ1v) is 16.3. The number of anilines is 1. The summed E-state index contributed by atoms with van der Waals surface area (Å²) in [4.78, 5) is 22.6. The van der Waals surface area contributed by atoms with Crippen LogP contribution in [-0.4, -0.2) is 72.2 Å². The maximum Gasteiger partial charge on any atom is 0.471 e. The van der Waals surface area contributed by atoms with Crippen molar-refractivity contribution in [2.24, 2.45) is 0 Å². The molecule has 43 heavy (non-hydrogen) atoms. The standard InChI is InChI=1S/C31H35Cl2F3N4O2S/c32-26-10-5-22(19-27(26)33)20-38-16-11-24(12-17-38)40(29(41)31(34,35)36)15-3-4-18-42-25-8-6-23(7-9-25)28-21-43-30(37-28)39-13-1-2-14-39/h5-10,19,21,24H,1-4,11-18,20H2. The minimum atomic E-state index is -4.90. The zero-order valence-electron chi connectivity index (χ0n) is 23.8. The molecular weight excluding hydrogens is 620 g/mol. The van der Waals surface area contributed by atoms with E-state index in [9.17, 15) is 18.0 Å². The van der Waals surface area contributed by atoms with Crippen LogP contribution in [0.25, 0.3) is 11.3 Å². The molecule has 0 atom stereocenters.